The smallest absolute Gasteiger partial charge is 0.351 e. The highest BCUT2D eigenvalue weighted by molar-refractivity contribution is 5.84. The van der Waals surface area contributed by atoms with Crippen LogP contribution in [-0.4, -0.2) is 43.5 Å². The zero-order valence-electron chi connectivity index (χ0n) is 9.09. The molecule has 0 fully saturated rings. The Morgan fingerprint density at radius 1 is 1.06 bits per heavy atom. The number of hydrogen-bond donors (Lipinski definition) is 0. The van der Waals surface area contributed by atoms with Gasteiger partial charge in [-0.2, -0.15) is 0 Å². The second-order valence-electron chi connectivity index (χ2n) is 2.76. The molecule has 7 heteroatoms. The van der Waals surface area contributed by atoms with Gasteiger partial charge in [0.25, 0.3) is 0 Å². The number of esters is 3. The molecule has 2 atom stereocenters. The van der Waals surface area contributed by atoms with Crippen LogP contribution in [0.3, 0.4) is 0 Å². The molecular weight excluding hydrogens is 220 g/mol. The first kappa shape index (κ1) is 14.1. The van der Waals surface area contributed by atoms with Gasteiger partial charge in [0, 0.05) is 13.8 Å². The van der Waals surface area contributed by atoms with Crippen LogP contribution >= 0.6 is 0 Å². The van der Waals surface area contributed by atoms with E-state index in [1.54, 1.807) is 0 Å². The molecule has 0 aliphatic carbocycles. The number of methoxy groups -OCH3 is 1. The van der Waals surface area contributed by atoms with E-state index in [9.17, 15) is 19.2 Å². The van der Waals surface area contributed by atoms with Gasteiger partial charge in [-0.1, -0.05) is 0 Å². The fraction of sp³-hybridized carbons (Fsp3) is 0.556. The lowest BCUT2D eigenvalue weighted by Gasteiger charge is -2.19. The first-order valence-electron chi connectivity index (χ1n) is 4.30. The molecule has 0 saturated heterocycles. The maximum absolute atomic E-state index is 11.2. The standard InChI is InChI=1S/C9H12O7/c1-5(11)15-7(4-10)8(9(13)14-3)16-6(2)12/h4,7-8H,1-3H3. The minimum atomic E-state index is -1.58. The van der Waals surface area contributed by atoms with E-state index < -0.39 is 30.1 Å². The summed E-state index contributed by atoms with van der Waals surface area (Å²) in [7, 11) is 1.05. The number of carbonyl (C=O) groups is 4. The Morgan fingerprint density at radius 2 is 1.56 bits per heavy atom. The summed E-state index contributed by atoms with van der Waals surface area (Å²) in [6, 6.07) is 0. The Balaban J connectivity index is 4.81. The van der Waals surface area contributed by atoms with Gasteiger partial charge in [-0.15, -0.1) is 0 Å². The van der Waals surface area contributed by atoms with Crippen molar-refractivity contribution >= 4 is 24.2 Å². The van der Waals surface area contributed by atoms with Crippen LogP contribution in [0.2, 0.25) is 0 Å². The van der Waals surface area contributed by atoms with Gasteiger partial charge in [-0.25, -0.2) is 4.79 Å². The first-order chi connectivity index (χ1) is 7.42. The molecule has 0 amide bonds. The van der Waals surface area contributed by atoms with Crippen LogP contribution < -0.4 is 0 Å². The van der Waals surface area contributed by atoms with E-state index in [1.165, 1.54) is 0 Å². The van der Waals surface area contributed by atoms with E-state index in [0.717, 1.165) is 21.0 Å². The Bertz CT molecular complexity index is 296. The molecule has 0 aromatic heterocycles. The number of ether oxygens (including phenoxy) is 3. The molecule has 0 N–H and O–H groups in total. The molecule has 0 saturated carbocycles. The minimum absolute atomic E-state index is 0.186. The second kappa shape index (κ2) is 6.54. The van der Waals surface area contributed by atoms with Gasteiger partial charge in [0.2, 0.25) is 12.2 Å². The lowest BCUT2D eigenvalue weighted by atomic mass is 10.2. The molecule has 0 aliphatic rings. The van der Waals surface area contributed by atoms with Gasteiger partial charge in [0.05, 0.1) is 7.11 Å². The summed E-state index contributed by atoms with van der Waals surface area (Å²) in [5.74, 6) is -2.55. The summed E-state index contributed by atoms with van der Waals surface area (Å²) in [4.78, 5) is 43.1. The molecule has 0 aromatic rings. The minimum Gasteiger partial charge on any atom is -0.466 e. The average molecular weight is 232 g/mol. The van der Waals surface area contributed by atoms with Crippen LogP contribution in [0.5, 0.6) is 0 Å². The van der Waals surface area contributed by atoms with E-state index in [0.29, 0.717) is 0 Å². The van der Waals surface area contributed by atoms with Crippen LogP contribution in [0.1, 0.15) is 13.8 Å². The summed E-state index contributed by atoms with van der Waals surface area (Å²) >= 11 is 0. The van der Waals surface area contributed by atoms with Crippen molar-refractivity contribution < 1.29 is 33.4 Å². The molecule has 7 nitrogen and oxygen atoms in total. The van der Waals surface area contributed by atoms with E-state index in [4.69, 9.17) is 0 Å². The van der Waals surface area contributed by atoms with Crippen molar-refractivity contribution in [1.29, 1.82) is 0 Å². The van der Waals surface area contributed by atoms with Gasteiger partial charge in [-0.3, -0.25) is 14.4 Å². The Morgan fingerprint density at radius 3 is 1.88 bits per heavy atom. The van der Waals surface area contributed by atoms with Crippen LogP contribution in [0.4, 0.5) is 0 Å². The largest absolute Gasteiger partial charge is 0.466 e. The maximum Gasteiger partial charge on any atom is 0.351 e. The highest BCUT2D eigenvalue weighted by atomic mass is 16.6. The van der Waals surface area contributed by atoms with Crippen molar-refractivity contribution in [3.63, 3.8) is 0 Å². The van der Waals surface area contributed by atoms with Crippen molar-refractivity contribution in [2.24, 2.45) is 0 Å². The van der Waals surface area contributed by atoms with Crippen LogP contribution in [0.25, 0.3) is 0 Å². The molecule has 0 heterocycles. The molecule has 0 bridgehead atoms. The van der Waals surface area contributed by atoms with E-state index in [1.807, 2.05) is 0 Å². The Labute approximate surface area is 91.6 Å². The lowest BCUT2D eigenvalue weighted by Crippen LogP contribution is -2.42. The van der Waals surface area contributed by atoms with Gasteiger partial charge >= 0.3 is 17.9 Å². The van der Waals surface area contributed by atoms with Crippen LogP contribution in [-0.2, 0) is 33.4 Å². The Kier molecular flexibility index (Phi) is 5.76. The van der Waals surface area contributed by atoms with Crippen molar-refractivity contribution in [3.8, 4) is 0 Å². The SMILES string of the molecule is COC(=O)C(OC(C)=O)C(C=O)OC(C)=O. The Hall–Kier alpha value is -1.92. The third-order valence-corrected chi connectivity index (χ3v) is 1.46. The fourth-order valence-electron chi connectivity index (χ4n) is 0.897. The molecule has 0 rings (SSSR count). The molecular formula is C9H12O7. The first-order valence-corrected chi connectivity index (χ1v) is 4.30. The summed E-state index contributed by atoms with van der Waals surface area (Å²) in [6.45, 7) is 2.10. The average Bonchev–Trinajstić information content (AvgIpc) is 2.21. The van der Waals surface area contributed by atoms with E-state index in [-0.39, 0.29) is 6.29 Å². The number of hydrogen-bond acceptors (Lipinski definition) is 7. The topological polar surface area (TPSA) is 96.0 Å². The maximum atomic E-state index is 11.2. The highest BCUT2D eigenvalue weighted by Crippen LogP contribution is 2.06. The highest BCUT2D eigenvalue weighted by Gasteiger charge is 2.34. The van der Waals surface area contributed by atoms with Crippen molar-refractivity contribution in [2.75, 3.05) is 7.11 Å². The summed E-state index contributed by atoms with van der Waals surface area (Å²) in [6.07, 6.45) is -2.90. The molecule has 0 spiro atoms. The van der Waals surface area contributed by atoms with Crippen molar-refractivity contribution in [1.82, 2.24) is 0 Å². The summed E-state index contributed by atoms with van der Waals surface area (Å²) in [5, 5.41) is 0. The van der Waals surface area contributed by atoms with E-state index >= 15 is 0 Å². The van der Waals surface area contributed by atoms with Crippen molar-refractivity contribution in [3.05, 3.63) is 0 Å². The van der Waals surface area contributed by atoms with Crippen molar-refractivity contribution in [2.45, 2.75) is 26.1 Å². The summed E-state index contributed by atoms with van der Waals surface area (Å²) in [5.41, 5.74) is 0. The zero-order chi connectivity index (χ0) is 12.7. The van der Waals surface area contributed by atoms with Gasteiger partial charge < -0.3 is 14.2 Å². The molecule has 90 valence electrons. The zero-order valence-corrected chi connectivity index (χ0v) is 9.09. The number of aldehydes is 1. The summed E-state index contributed by atoms with van der Waals surface area (Å²) < 4.78 is 13.3. The third kappa shape index (κ3) is 4.54. The monoisotopic (exact) mass is 232 g/mol. The predicted octanol–water partition coefficient (Wildman–Crippen LogP) is -0.778. The number of rotatable bonds is 5. The third-order valence-electron chi connectivity index (χ3n) is 1.46. The predicted molar refractivity (Wildman–Crippen MR) is 49.2 cm³/mol. The lowest BCUT2D eigenvalue weighted by molar-refractivity contribution is -0.179. The second-order valence-corrected chi connectivity index (χ2v) is 2.76. The quantitative estimate of drug-likeness (QED) is 0.348. The fourth-order valence-corrected chi connectivity index (χ4v) is 0.897. The van der Waals surface area contributed by atoms with Crippen LogP contribution in [0, 0.1) is 0 Å². The van der Waals surface area contributed by atoms with E-state index in [2.05, 4.69) is 14.2 Å². The van der Waals surface area contributed by atoms with Crippen LogP contribution in [0.15, 0.2) is 0 Å². The molecule has 0 aliphatic heterocycles. The van der Waals surface area contributed by atoms with Gasteiger partial charge in [-0.05, 0) is 0 Å². The molecule has 16 heavy (non-hydrogen) atoms. The number of carbonyl (C=O) groups excluding carboxylic acids is 4. The normalized spacial score (nSPS) is 13.2. The van der Waals surface area contributed by atoms with Gasteiger partial charge in [0.15, 0.2) is 6.29 Å². The van der Waals surface area contributed by atoms with Gasteiger partial charge in [0.1, 0.15) is 0 Å². The molecule has 2 unspecified atom stereocenters. The molecule has 0 aromatic carbocycles. The molecule has 0 radical (unpaired) electrons.